The Morgan fingerprint density at radius 2 is 2.03 bits per heavy atom. The van der Waals surface area contributed by atoms with Gasteiger partial charge in [0, 0.05) is 17.8 Å². The molecule has 0 atom stereocenters. The van der Waals surface area contributed by atoms with Crippen LogP contribution in [0.4, 0.5) is 0 Å². The monoisotopic (exact) mass is 456 g/mol. The number of hydrogen-bond donors (Lipinski definition) is 2. The predicted octanol–water partition coefficient (Wildman–Crippen LogP) is 4.58. The molecule has 8 nitrogen and oxygen atoms in total. The summed E-state index contributed by atoms with van der Waals surface area (Å²) in [6.45, 7) is 2.93. The lowest BCUT2D eigenvalue weighted by atomic mass is 9.88. The SMILES string of the molecule is COc1ncc2c(C#N)c[nH]c2c1-c1nc2c(OCC3CC3)c(C3CCN(C)CC3)ccc2[nH]1. The number of rotatable bonds is 6. The molecule has 2 N–H and O–H groups in total. The maximum absolute atomic E-state index is 9.47. The third kappa shape index (κ3) is 3.57. The summed E-state index contributed by atoms with van der Waals surface area (Å²) in [6.07, 6.45) is 8.08. The van der Waals surface area contributed by atoms with Crippen LogP contribution in [0.1, 0.15) is 42.7 Å². The van der Waals surface area contributed by atoms with Crippen molar-refractivity contribution in [3.05, 3.63) is 35.7 Å². The Bertz CT molecular complexity index is 1400. The topological polar surface area (TPSA) is 103 Å². The number of hydrogen-bond acceptors (Lipinski definition) is 6. The highest BCUT2D eigenvalue weighted by molar-refractivity contribution is 5.99. The number of aromatic nitrogens is 4. The Morgan fingerprint density at radius 1 is 1.21 bits per heavy atom. The van der Waals surface area contributed by atoms with Crippen molar-refractivity contribution in [1.29, 1.82) is 5.26 Å². The molecule has 1 saturated carbocycles. The zero-order valence-electron chi connectivity index (χ0n) is 19.5. The number of benzene rings is 1. The van der Waals surface area contributed by atoms with Crippen LogP contribution in [0.25, 0.3) is 33.3 Å². The summed E-state index contributed by atoms with van der Waals surface area (Å²) in [5, 5.41) is 10.2. The van der Waals surface area contributed by atoms with Gasteiger partial charge < -0.3 is 24.3 Å². The molecule has 4 heterocycles. The molecule has 0 amide bonds. The van der Waals surface area contributed by atoms with Gasteiger partial charge in [0.2, 0.25) is 5.88 Å². The van der Waals surface area contributed by atoms with E-state index in [2.05, 4.69) is 45.1 Å². The number of likely N-dealkylation sites (tertiary alicyclic amines) is 1. The lowest BCUT2D eigenvalue weighted by Gasteiger charge is -2.30. The average molecular weight is 457 g/mol. The number of piperidine rings is 1. The molecule has 3 aromatic heterocycles. The van der Waals surface area contributed by atoms with E-state index in [1.165, 1.54) is 18.4 Å². The molecule has 34 heavy (non-hydrogen) atoms. The number of H-pyrrole nitrogens is 2. The Hall–Kier alpha value is -3.57. The molecular weight excluding hydrogens is 428 g/mol. The quantitative estimate of drug-likeness (QED) is 0.440. The number of ether oxygens (including phenoxy) is 2. The molecule has 1 aromatic carbocycles. The van der Waals surface area contributed by atoms with Crippen LogP contribution < -0.4 is 9.47 Å². The molecule has 8 heteroatoms. The van der Waals surface area contributed by atoms with E-state index < -0.39 is 0 Å². The van der Waals surface area contributed by atoms with Crippen molar-refractivity contribution in [2.75, 3.05) is 33.9 Å². The summed E-state index contributed by atoms with van der Waals surface area (Å²) >= 11 is 0. The number of imidazole rings is 1. The number of aromatic amines is 2. The van der Waals surface area contributed by atoms with E-state index in [1.54, 1.807) is 19.5 Å². The molecule has 1 saturated heterocycles. The van der Waals surface area contributed by atoms with Gasteiger partial charge in [0.25, 0.3) is 0 Å². The standard InChI is InChI=1S/C26H28N6O2/c1-32-9-7-16(8-10-32)18-5-6-20-23(24(18)34-14-15-3-4-15)31-25(30-20)21-22-19(13-29-26(21)33-2)17(11-27)12-28-22/h5-6,12-13,15-16,28H,3-4,7-10,14H2,1-2H3,(H,30,31). The Morgan fingerprint density at radius 3 is 2.76 bits per heavy atom. The number of fused-ring (bicyclic) bond motifs is 2. The number of pyridine rings is 1. The molecule has 0 radical (unpaired) electrons. The summed E-state index contributed by atoms with van der Waals surface area (Å²) in [5.74, 6) is 3.13. The van der Waals surface area contributed by atoms with E-state index >= 15 is 0 Å². The van der Waals surface area contributed by atoms with Crippen molar-refractivity contribution in [3.63, 3.8) is 0 Å². The van der Waals surface area contributed by atoms with Gasteiger partial charge in [0.1, 0.15) is 23.0 Å². The van der Waals surface area contributed by atoms with Crippen molar-refractivity contribution >= 4 is 21.9 Å². The second kappa shape index (κ2) is 8.33. The van der Waals surface area contributed by atoms with Gasteiger partial charge in [-0.15, -0.1) is 0 Å². The van der Waals surface area contributed by atoms with Gasteiger partial charge in [-0.05, 0) is 69.3 Å². The molecular formula is C26H28N6O2. The fourth-order valence-corrected chi connectivity index (χ4v) is 5.00. The number of nitriles is 1. The van der Waals surface area contributed by atoms with Crippen LogP contribution in [0, 0.1) is 17.2 Å². The third-order valence-corrected chi connectivity index (χ3v) is 7.20. The first-order valence-corrected chi connectivity index (χ1v) is 11.9. The summed E-state index contributed by atoms with van der Waals surface area (Å²) in [5.41, 5.74) is 5.06. The van der Waals surface area contributed by atoms with E-state index in [4.69, 9.17) is 14.5 Å². The van der Waals surface area contributed by atoms with E-state index in [0.29, 0.717) is 34.7 Å². The highest BCUT2D eigenvalue weighted by Gasteiger charge is 2.28. The molecule has 4 aromatic rings. The van der Waals surface area contributed by atoms with Gasteiger partial charge in [-0.25, -0.2) is 9.97 Å². The van der Waals surface area contributed by atoms with Crippen LogP contribution in [0.15, 0.2) is 24.5 Å². The van der Waals surface area contributed by atoms with Crippen LogP contribution in [0.2, 0.25) is 0 Å². The molecule has 2 fully saturated rings. The van der Waals surface area contributed by atoms with Gasteiger partial charge in [0.05, 0.1) is 30.3 Å². The molecule has 0 unspecified atom stereocenters. The number of nitrogens with one attached hydrogen (secondary N) is 2. The molecule has 0 bridgehead atoms. The first-order valence-electron chi connectivity index (χ1n) is 11.9. The summed E-state index contributed by atoms with van der Waals surface area (Å²) in [4.78, 5) is 18.6. The van der Waals surface area contributed by atoms with Gasteiger partial charge in [0.15, 0.2) is 5.75 Å². The molecule has 2 aliphatic rings. The van der Waals surface area contributed by atoms with Crippen molar-refractivity contribution in [3.8, 4) is 29.1 Å². The molecule has 1 aliphatic heterocycles. The first kappa shape index (κ1) is 21.0. The van der Waals surface area contributed by atoms with Gasteiger partial charge >= 0.3 is 0 Å². The van der Waals surface area contributed by atoms with Gasteiger partial charge in [-0.3, -0.25) is 0 Å². The summed E-state index contributed by atoms with van der Waals surface area (Å²) in [7, 11) is 3.78. The number of nitrogens with zero attached hydrogens (tertiary/aromatic N) is 4. The minimum absolute atomic E-state index is 0.453. The maximum Gasteiger partial charge on any atom is 0.226 e. The second-order valence-electron chi connectivity index (χ2n) is 9.54. The lowest BCUT2D eigenvalue weighted by Crippen LogP contribution is -2.29. The van der Waals surface area contributed by atoms with Crippen molar-refractivity contribution in [2.24, 2.45) is 5.92 Å². The van der Waals surface area contributed by atoms with E-state index in [0.717, 1.165) is 60.2 Å². The van der Waals surface area contributed by atoms with Crippen molar-refractivity contribution in [1.82, 2.24) is 24.8 Å². The Labute approximate surface area is 197 Å². The average Bonchev–Trinajstić information content (AvgIpc) is 3.44. The zero-order chi connectivity index (χ0) is 23.2. The van der Waals surface area contributed by atoms with Crippen LogP contribution in [-0.4, -0.2) is 58.7 Å². The highest BCUT2D eigenvalue weighted by atomic mass is 16.5. The smallest absolute Gasteiger partial charge is 0.226 e. The summed E-state index contributed by atoms with van der Waals surface area (Å²) < 4.78 is 12.1. The summed E-state index contributed by atoms with van der Waals surface area (Å²) in [6, 6.07) is 6.54. The van der Waals surface area contributed by atoms with Crippen LogP contribution >= 0.6 is 0 Å². The lowest BCUT2D eigenvalue weighted by molar-refractivity contribution is 0.248. The second-order valence-corrected chi connectivity index (χ2v) is 9.54. The fraction of sp³-hybridized carbons (Fsp3) is 0.423. The maximum atomic E-state index is 9.47. The normalized spacial score (nSPS) is 17.3. The largest absolute Gasteiger partial charge is 0.491 e. The van der Waals surface area contributed by atoms with E-state index in [1.807, 2.05) is 0 Å². The van der Waals surface area contributed by atoms with Crippen molar-refractivity contribution in [2.45, 2.75) is 31.6 Å². The minimum atomic E-state index is 0.453. The highest BCUT2D eigenvalue weighted by Crippen LogP contribution is 2.42. The zero-order valence-corrected chi connectivity index (χ0v) is 19.5. The first-order chi connectivity index (χ1) is 16.7. The van der Waals surface area contributed by atoms with Crippen LogP contribution in [0.3, 0.4) is 0 Å². The number of methoxy groups -OCH3 is 1. The Balaban J connectivity index is 1.50. The van der Waals surface area contributed by atoms with E-state index in [9.17, 15) is 5.26 Å². The minimum Gasteiger partial charge on any atom is -0.491 e. The predicted molar refractivity (Wildman–Crippen MR) is 130 cm³/mol. The van der Waals surface area contributed by atoms with Gasteiger partial charge in [-0.1, -0.05) is 6.07 Å². The molecule has 174 valence electrons. The van der Waals surface area contributed by atoms with Gasteiger partial charge in [-0.2, -0.15) is 5.26 Å². The van der Waals surface area contributed by atoms with Crippen molar-refractivity contribution < 1.29 is 9.47 Å². The van der Waals surface area contributed by atoms with E-state index in [-0.39, 0.29) is 0 Å². The van der Waals surface area contributed by atoms with Crippen LogP contribution in [-0.2, 0) is 0 Å². The van der Waals surface area contributed by atoms with Crippen LogP contribution in [0.5, 0.6) is 11.6 Å². The molecule has 0 spiro atoms. The fourth-order valence-electron chi connectivity index (χ4n) is 5.00. The molecule has 1 aliphatic carbocycles. The molecule has 6 rings (SSSR count). The third-order valence-electron chi connectivity index (χ3n) is 7.20. The Kier molecular flexibility index (Phi) is 5.15.